The van der Waals surface area contributed by atoms with E-state index in [1.165, 1.54) is 0 Å². The van der Waals surface area contributed by atoms with Crippen molar-refractivity contribution in [1.29, 1.82) is 0 Å². The Balaban J connectivity index is 2.71. The van der Waals surface area contributed by atoms with E-state index in [9.17, 15) is 4.79 Å². The summed E-state index contributed by atoms with van der Waals surface area (Å²) in [7, 11) is 1.61. The minimum atomic E-state index is -0.155. The maximum absolute atomic E-state index is 11.8. The van der Waals surface area contributed by atoms with Crippen LogP contribution in [0.5, 0.6) is 0 Å². The molecule has 1 amide bonds. The number of methoxy groups -OCH3 is 1. The van der Waals surface area contributed by atoms with Crippen LogP contribution < -0.4 is 11.1 Å². The van der Waals surface area contributed by atoms with Crippen LogP contribution in [0, 0.1) is 0 Å². The van der Waals surface area contributed by atoms with E-state index in [0.717, 1.165) is 12.1 Å². The fourth-order valence-electron chi connectivity index (χ4n) is 1.34. The van der Waals surface area contributed by atoms with Gasteiger partial charge >= 0.3 is 0 Å². The molecule has 5 heteroatoms. The zero-order valence-electron chi connectivity index (χ0n) is 10.5. The fraction of sp³-hybridized carbons (Fsp3) is 0.500. The summed E-state index contributed by atoms with van der Waals surface area (Å²) in [5.74, 6) is 0.215. The molecule has 1 heterocycles. The molecule has 1 rings (SSSR count). The van der Waals surface area contributed by atoms with Gasteiger partial charge in [-0.3, -0.25) is 4.79 Å². The van der Waals surface area contributed by atoms with E-state index in [0.29, 0.717) is 17.9 Å². The van der Waals surface area contributed by atoms with Gasteiger partial charge in [0.25, 0.3) is 5.91 Å². The molecule has 0 spiro atoms. The Morgan fingerprint density at radius 2 is 2.29 bits per heavy atom. The highest BCUT2D eigenvalue weighted by Gasteiger charge is 2.09. The third-order valence-corrected chi connectivity index (χ3v) is 2.48. The first kappa shape index (κ1) is 13.4. The number of carbonyl (C=O) groups is 1. The topological polar surface area (TPSA) is 77.2 Å². The van der Waals surface area contributed by atoms with Crippen molar-refractivity contribution < 1.29 is 9.53 Å². The van der Waals surface area contributed by atoms with Crippen LogP contribution in [-0.2, 0) is 11.2 Å². The zero-order chi connectivity index (χ0) is 12.8. The van der Waals surface area contributed by atoms with E-state index in [-0.39, 0.29) is 12.0 Å². The van der Waals surface area contributed by atoms with Gasteiger partial charge in [-0.2, -0.15) is 0 Å². The molecule has 1 unspecified atom stereocenters. The molecule has 0 aliphatic rings. The third-order valence-electron chi connectivity index (χ3n) is 2.48. The third kappa shape index (κ3) is 4.03. The average Bonchev–Trinajstić information content (AvgIpc) is 2.34. The number of nitrogens with one attached hydrogen (secondary N) is 1. The van der Waals surface area contributed by atoms with Crippen molar-refractivity contribution in [3.05, 3.63) is 23.4 Å². The van der Waals surface area contributed by atoms with Crippen LogP contribution in [0.2, 0.25) is 0 Å². The first-order valence-electron chi connectivity index (χ1n) is 5.64. The lowest BCUT2D eigenvalue weighted by atomic mass is 10.2. The van der Waals surface area contributed by atoms with Gasteiger partial charge in [-0.05, 0) is 25.5 Å². The highest BCUT2D eigenvalue weighted by molar-refractivity contribution is 5.94. The molecule has 17 heavy (non-hydrogen) atoms. The molecule has 5 nitrogen and oxygen atoms in total. The number of amides is 1. The summed E-state index contributed by atoms with van der Waals surface area (Å²) in [6.07, 6.45) is 0.739. The van der Waals surface area contributed by atoms with Crippen LogP contribution >= 0.6 is 0 Å². The van der Waals surface area contributed by atoms with E-state index in [1.807, 2.05) is 13.8 Å². The first-order valence-corrected chi connectivity index (χ1v) is 5.64. The quantitative estimate of drug-likeness (QED) is 0.800. The van der Waals surface area contributed by atoms with Crippen LogP contribution in [0.1, 0.15) is 29.9 Å². The molecule has 0 aliphatic heterocycles. The number of anilines is 1. The van der Waals surface area contributed by atoms with Gasteiger partial charge in [-0.1, -0.05) is 6.92 Å². The number of nitrogen functional groups attached to an aromatic ring is 1. The van der Waals surface area contributed by atoms with Crippen molar-refractivity contribution in [1.82, 2.24) is 10.3 Å². The molecule has 1 aromatic rings. The summed E-state index contributed by atoms with van der Waals surface area (Å²) in [4.78, 5) is 16.0. The van der Waals surface area contributed by atoms with Gasteiger partial charge < -0.3 is 15.8 Å². The fourth-order valence-corrected chi connectivity index (χ4v) is 1.34. The predicted octanol–water partition coefficient (Wildman–Crippen LogP) is 0.991. The Morgan fingerprint density at radius 1 is 1.59 bits per heavy atom. The van der Waals surface area contributed by atoms with Crippen LogP contribution in [0.4, 0.5) is 5.82 Å². The van der Waals surface area contributed by atoms with Crippen molar-refractivity contribution in [2.75, 3.05) is 19.4 Å². The number of hydrogen-bond donors (Lipinski definition) is 2. The maximum Gasteiger partial charge on any atom is 0.251 e. The summed E-state index contributed by atoms with van der Waals surface area (Å²) in [6.45, 7) is 4.33. The molecule has 3 N–H and O–H groups in total. The van der Waals surface area contributed by atoms with Gasteiger partial charge in [0.15, 0.2) is 0 Å². The molecule has 0 aliphatic carbocycles. The minimum absolute atomic E-state index is 0.0104. The molecule has 0 fully saturated rings. The SMILES string of the molecule is CCc1cc(C(=O)NCC(C)OC)cc(N)n1. The molecule has 94 valence electrons. The summed E-state index contributed by atoms with van der Waals surface area (Å²) < 4.78 is 5.05. The number of carbonyl (C=O) groups excluding carboxylic acids is 1. The molecule has 0 bridgehead atoms. The molecule has 1 aromatic heterocycles. The number of hydrogen-bond acceptors (Lipinski definition) is 4. The number of pyridine rings is 1. The lowest BCUT2D eigenvalue weighted by Gasteiger charge is -2.11. The van der Waals surface area contributed by atoms with E-state index < -0.39 is 0 Å². The molecular formula is C12H19N3O2. The number of nitrogens with zero attached hydrogens (tertiary/aromatic N) is 1. The van der Waals surface area contributed by atoms with Crippen molar-refractivity contribution in [2.24, 2.45) is 0 Å². The van der Waals surface area contributed by atoms with Gasteiger partial charge in [0.05, 0.1) is 6.10 Å². The standard InChI is InChI=1S/C12H19N3O2/c1-4-10-5-9(6-11(13)15-10)12(16)14-7-8(2)17-3/h5-6,8H,4,7H2,1-3H3,(H2,13,15)(H,14,16). The number of rotatable bonds is 5. The van der Waals surface area contributed by atoms with E-state index in [2.05, 4.69) is 10.3 Å². The highest BCUT2D eigenvalue weighted by Crippen LogP contribution is 2.08. The average molecular weight is 237 g/mol. The minimum Gasteiger partial charge on any atom is -0.384 e. The van der Waals surface area contributed by atoms with Gasteiger partial charge in [-0.25, -0.2) is 4.98 Å². The Hall–Kier alpha value is -1.62. The van der Waals surface area contributed by atoms with Gasteiger partial charge in [0, 0.05) is 24.9 Å². The van der Waals surface area contributed by atoms with E-state index in [4.69, 9.17) is 10.5 Å². The molecule has 0 saturated heterocycles. The van der Waals surface area contributed by atoms with Gasteiger partial charge in [-0.15, -0.1) is 0 Å². The second-order valence-electron chi connectivity index (χ2n) is 3.88. The Bertz CT molecular complexity index is 393. The predicted molar refractivity (Wildman–Crippen MR) is 66.8 cm³/mol. The van der Waals surface area contributed by atoms with Crippen LogP contribution in [-0.4, -0.2) is 30.6 Å². The zero-order valence-corrected chi connectivity index (χ0v) is 10.5. The molecule has 0 saturated carbocycles. The van der Waals surface area contributed by atoms with Crippen molar-refractivity contribution >= 4 is 11.7 Å². The highest BCUT2D eigenvalue weighted by atomic mass is 16.5. The molecule has 0 radical (unpaired) electrons. The first-order chi connectivity index (χ1) is 8.06. The Morgan fingerprint density at radius 3 is 2.88 bits per heavy atom. The van der Waals surface area contributed by atoms with E-state index in [1.54, 1.807) is 19.2 Å². The Labute approximate surface area is 101 Å². The molecule has 0 aromatic carbocycles. The van der Waals surface area contributed by atoms with Gasteiger partial charge in [0.2, 0.25) is 0 Å². The monoisotopic (exact) mass is 237 g/mol. The van der Waals surface area contributed by atoms with Crippen molar-refractivity contribution in [2.45, 2.75) is 26.4 Å². The number of nitrogens with two attached hydrogens (primary N) is 1. The van der Waals surface area contributed by atoms with Crippen molar-refractivity contribution in [3.63, 3.8) is 0 Å². The summed E-state index contributed by atoms with van der Waals surface area (Å²) in [6, 6.07) is 3.33. The Kier molecular flexibility index (Phi) is 4.90. The van der Waals surface area contributed by atoms with E-state index >= 15 is 0 Å². The molecule has 1 atom stereocenters. The number of aromatic nitrogens is 1. The summed E-state index contributed by atoms with van der Waals surface area (Å²) >= 11 is 0. The normalized spacial score (nSPS) is 12.2. The number of ether oxygens (including phenoxy) is 1. The second kappa shape index (κ2) is 6.20. The largest absolute Gasteiger partial charge is 0.384 e. The summed E-state index contributed by atoms with van der Waals surface area (Å²) in [5.41, 5.74) is 6.99. The smallest absolute Gasteiger partial charge is 0.251 e. The molecular weight excluding hydrogens is 218 g/mol. The second-order valence-corrected chi connectivity index (χ2v) is 3.88. The maximum atomic E-state index is 11.8. The van der Waals surface area contributed by atoms with Crippen molar-refractivity contribution in [3.8, 4) is 0 Å². The van der Waals surface area contributed by atoms with Crippen LogP contribution in [0.25, 0.3) is 0 Å². The lowest BCUT2D eigenvalue weighted by molar-refractivity contribution is 0.0870. The van der Waals surface area contributed by atoms with Crippen LogP contribution in [0.3, 0.4) is 0 Å². The van der Waals surface area contributed by atoms with Crippen LogP contribution in [0.15, 0.2) is 12.1 Å². The number of aryl methyl sites for hydroxylation is 1. The lowest BCUT2D eigenvalue weighted by Crippen LogP contribution is -2.31. The summed E-state index contributed by atoms with van der Waals surface area (Å²) in [5, 5.41) is 2.78. The van der Waals surface area contributed by atoms with Gasteiger partial charge in [0.1, 0.15) is 5.82 Å².